The average molecular weight is 345 g/mol. The molecule has 0 aliphatic carbocycles. The first-order chi connectivity index (χ1) is 12.6. The Labute approximate surface area is 148 Å². The average Bonchev–Trinajstić information content (AvgIpc) is 3.03. The highest BCUT2D eigenvalue weighted by Crippen LogP contribution is 2.28. The monoisotopic (exact) mass is 345 g/mol. The van der Waals surface area contributed by atoms with E-state index in [1.54, 1.807) is 30.5 Å². The Morgan fingerprint density at radius 2 is 1.92 bits per heavy atom. The molecule has 0 aliphatic rings. The number of nitrogen functional groups attached to an aromatic ring is 1. The summed E-state index contributed by atoms with van der Waals surface area (Å²) in [6.45, 7) is 0. The molecule has 5 N–H and O–H groups in total. The summed E-state index contributed by atoms with van der Waals surface area (Å²) in [6, 6.07) is 16.3. The number of hydrogen-bond donors (Lipinski definition) is 4. The lowest BCUT2D eigenvalue weighted by molar-refractivity contribution is 0.0697. The quantitative estimate of drug-likeness (QED) is 0.448. The third-order valence-corrected chi connectivity index (χ3v) is 4.07. The van der Waals surface area contributed by atoms with Crippen LogP contribution in [0.3, 0.4) is 0 Å². The molecule has 0 spiro atoms. The molecule has 0 atom stereocenters. The standard InChI is InChI=1S/C19H15N5O2/c20-18-15-9-11(4-5-16(15)23-24-18)12-6-7-21-17(10-12)22-14-3-1-2-13(8-14)19(25)26/h1-10H,(H,21,22)(H,25,26)(H3,20,23,24). The van der Waals surface area contributed by atoms with E-state index in [0.717, 1.165) is 22.0 Å². The largest absolute Gasteiger partial charge is 0.478 e. The minimum Gasteiger partial charge on any atom is -0.478 e. The van der Waals surface area contributed by atoms with Crippen molar-refractivity contribution < 1.29 is 9.90 Å². The van der Waals surface area contributed by atoms with Crippen LogP contribution in [0, 0.1) is 0 Å². The van der Waals surface area contributed by atoms with Gasteiger partial charge in [0.25, 0.3) is 0 Å². The SMILES string of the molecule is Nc1n[nH]c2ccc(-c3ccnc(Nc4cccc(C(=O)O)c4)c3)cc12. The second-order valence-corrected chi connectivity index (χ2v) is 5.81. The molecule has 128 valence electrons. The van der Waals surface area contributed by atoms with Crippen molar-refractivity contribution in [1.82, 2.24) is 15.2 Å². The molecule has 0 fully saturated rings. The molecular weight excluding hydrogens is 330 g/mol. The van der Waals surface area contributed by atoms with Crippen LogP contribution in [0.4, 0.5) is 17.3 Å². The van der Waals surface area contributed by atoms with Crippen molar-refractivity contribution in [3.8, 4) is 11.1 Å². The van der Waals surface area contributed by atoms with Crippen molar-refractivity contribution in [2.24, 2.45) is 0 Å². The van der Waals surface area contributed by atoms with Crippen LogP contribution in [0.5, 0.6) is 0 Å². The summed E-state index contributed by atoms with van der Waals surface area (Å²) in [6.07, 6.45) is 1.70. The summed E-state index contributed by atoms with van der Waals surface area (Å²) in [4.78, 5) is 15.4. The first kappa shape index (κ1) is 15.6. The van der Waals surface area contributed by atoms with Crippen molar-refractivity contribution in [3.05, 3.63) is 66.4 Å². The highest BCUT2D eigenvalue weighted by Gasteiger charge is 2.07. The number of rotatable bonds is 4. The van der Waals surface area contributed by atoms with Crippen LogP contribution in [0.2, 0.25) is 0 Å². The molecule has 0 saturated carbocycles. The molecule has 0 amide bonds. The molecule has 7 nitrogen and oxygen atoms in total. The first-order valence-electron chi connectivity index (χ1n) is 7.90. The molecular formula is C19H15N5O2. The topological polar surface area (TPSA) is 117 Å². The summed E-state index contributed by atoms with van der Waals surface area (Å²) in [7, 11) is 0. The summed E-state index contributed by atoms with van der Waals surface area (Å²) in [5, 5.41) is 20.0. The van der Waals surface area contributed by atoms with E-state index < -0.39 is 5.97 Å². The maximum Gasteiger partial charge on any atom is 0.335 e. The van der Waals surface area contributed by atoms with Crippen LogP contribution < -0.4 is 11.1 Å². The fourth-order valence-electron chi connectivity index (χ4n) is 2.77. The Bertz CT molecular complexity index is 1120. The van der Waals surface area contributed by atoms with E-state index in [1.807, 2.05) is 30.3 Å². The normalized spacial score (nSPS) is 10.8. The van der Waals surface area contributed by atoms with Gasteiger partial charge in [-0.15, -0.1) is 0 Å². The summed E-state index contributed by atoms with van der Waals surface area (Å²) in [5.41, 5.74) is 9.57. The van der Waals surface area contributed by atoms with E-state index in [4.69, 9.17) is 10.8 Å². The van der Waals surface area contributed by atoms with Gasteiger partial charge in [0.15, 0.2) is 5.82 Å². The molecule has 4 rings (SSSR count). The maximum atomic E-state index is 11.1. The van der Waals surface area contributed by atoms with E-state index >= 15 is 0 Å². The van der Waals surface area contributed by atoms with Gasteiger partial charge >= 0.3 is 5.97 Å². The van der Waals surface area contributed by atoms with Crippen molar-refractivity contribution in [2.45, 2.75) is 0 Å². The lowest BCUT2D eigenvalue weighted by atomic mass is 10.0. The van der Waals surface area contributed by atoms with Crippen molar-refractivity contribution in [3.63, 3.8) is 0 Å². The molecule has 2 aromatic heterocycles. The summed E-state index contributed by atoms with van der Waals surface area (Å²) in [5.74, 6) is 0.103. The Hall–Kier alpha value is -3.87. The second-order valence-electron chi connectivity index (χ2n) is 5.81. The van der Waals surface area contributed by atoms with Gasteiger partial charge in [-0.1, -0.05) is 12.1 Å². The molecule has 0 unspecified atom stereocenters. The number of nitrogens with zero attached hydrogens (tertiary/aromatic N) is 2. The van der Waals surface area contributed by atoms with Crippen LogP contribution in [0.15, 0.2) is 60.8 Å². The number of fused-ring (bicyclic) bond motifs is 1. The molecule has 2 heterocycles. The van der Waals surface area contributed by atoms with E-state index in [9.17, 15) is 4.79 Å². The van der Waals surface area contributed by atoms with Gasteiger partial charge in [-0.2, -0.15) is 5.10 Å². The van der Waals surface area contributed by atoms with Gasteiger partial charge in [0.05, 0.1) is 11.1 Å². The van der Waals surface area contributed by atoms with Gasteiger partial charge in [0.2, 0.25) is 0 Å². The van der Waals surface area contributed by atoms with Gasteiger partial charge in [0.1, 0.15) is 5.82 Å². The number of H-pyrrole nitrogens is 1. The fourth-order valence-corrected chi connectivity index (χ4v) is 2.77. The predicted octanol–water partition coefficient (Wildman–Crippen LogP) is 3.65. The predicted molar refractivity (Wildman–Crippen MR) is 100 cm³/mol. The molecule has 0 radical (unpaired) electrons. The Kier molecular flexibility index (Phi) is 3.74. The number of anilines is 3. The highest BCUT2D eigenvalue weighted by atomic mass is 16.4. The van der Waals surface area contributed by atoms with Crippen LogP contribution in [-0.4, -0.2) is 26.3 Å². The van der Waals surface area contributed by atoms with Crippen LogP contribution in [0.25, 0.3) is 22.0 Å². The summed E-state index contributed by atoms with van der Waals surface area (Å²) < 4.78 is 0. The Morgan fingerprint density at radius 1 is 1.08 bits per heavy atom. The zero-order valence-corrected chi connectivity index (χ0v) is 13.6. The number of aromatic amines is 1. The van der Waals surface area contributed by atoms with Crippen molar-refractivity contribution in [1.29, 1.82) is 0 Å². The van der Waals surface area contributed by atoms with Gasteiger partial charge in [-0.3, -0.25) is 5.10 Å². The molecule has 0 saturated heterocycles. The fraction of sp³-hybridized carbons (Fsp3) is 0. The number of pyridine rings is 1. The first-order valence-corrected chi connectivity index (χ1v) is 7.90. The molecule has 7 heteroatoms. The van der Waals surface area contributed by atoms with Crippen LogP contribution >= 0.6 is 0 Å². The van der Waals surface area contributed by atoms with E-state index in [0.29, 0.717) is 17.3 Å². The third kappa shape index (κ3) is 2.93. The zero-order valence-electron chi connectivity index (χ0n) is 13.6. The van der Waals surface area contributed by atoms with E-state index in [-0.39, 0.29) is 5.56 Å². The van der Waals surface area contributed by atoms with Gasteiger partial charge < -0.3 is 16.2 Å². The minimum absolute atomic E-state index is 0.215. The molecule has 2 aromatic carbocycles. The molecule has 0 bridgehead atoms. The van der Waals surface area contributed by atoms with Crippen molar-refractivity contribution in [2.75, 3.05) is 11.1 Å². The number of hydrogen-bond acceptors (Lipinski definition) is 5. The highest BCUT2D eigenvalue weighted by molar-refractivity contribution is 5.92. The van der Waals surface area contributed by atoms with Crippen LogP contribution in [-0.2, 0) is 0 Å². The number of carboxylic acids is 1. The molecule has 26 heavy (non-hydrogen) atoms. The number of aromatic nitrogens is 3. The minimum atomic E-state index is -0.971. The number of benzene rings is 2. The number of carbonyl (C=O) groups is 1. The zero-order chi connectivity index (χ0) is 18.1. The number of carboxylic acid groups (broad SMARTS) is 1. The van der Waals surface area contributed by atoms with E-state index in [1.165, 1.54) is 0 Å². The van der Waals surface area contributed by atoms with Gasteiger partial charge in [-0.05, 0) is 53.6 Å². The molecule has 4 aromatic rings. The van der Waals surface area contributed by atoms with Crippen LogP contribution in [0.1, 0.15) is 10.4 Å². The number of nitrogens with two attached hydrogens (primary N) is 1. The number of nitrogens with one attached hydrogen (secondary N) is 2. The van der Waals surface area contributed by atoms with Crippen molar-refractivity contribution >= 4 is 34.2 Å². The maximum absolute atomic E-state index is 11.1. The van der Waals surface area contributed by atoms with E-state index in [2.05, 4.69) is 20.5 Å². The number of aromatic carboxylic acids is 1. The lowest BCUT2D eigenvalue weighted by Crippen LogP contribution is -1.98. The Balaban J connectivity index is 1.66. The van der Waals surface area contributed by atoms with Gasteiger partial charge in [0, 0.05) is 17.3 Å². The smallest absolute Gasteiger partial charge is 0.335 e. The van der Waals surface area contributed by atoms with Gasteiger partial charge in [-0.25, -0.2) is 9.78 Å². The summed E-state index contributed by atoms with van der Waals surface area (Å²) >= 11 is 0. The molecule has 0 aliphatic heterocycles. The second kappa shape index (κ2) is 6.21. The lowest BCUT2D eigenvalue weighted by Gasteiger charge is -2.08. The third-order valence-electron chi connectivity index (χ3n) is 4.07. The Morgan fingerprint density at radius 3 is 2.77 bits per heavy atom.